The molecule has 0 aliphatic carbocycles. The molecule has 15 heavy (non-hydrogen) atoms. The van der Waals surface area contributed by atoms with Crippen molar-refractivity contribution >= 4 is 0 Å². The third-order valence-corrected chi connectivity index (χ3v) is 2.69. The molecule has 0 spiro atoms. The summed E-state index contributed by atoms with van der Waals surface area (Å²) in [6.45, 7) is 3.50. The van der Waals surface area contributed by atoms with Crippen molar-refractivity contribution in [1.82, 2.24) is 0 Å². The number of hydrogen-bond acceptors (Lipinski definition) is 5. The fourth-order valence-corrected chi connectivity index (χ4v) is 2.10. The highest BCUT2D eigenvalue weighted by molar-refractivity contribution is 5.01. The van der Waals surface area contributed by atoms with E-state index in [2.05, 4.69) is 0 Å². The Morgan fingerprint density at radius 1 is 1.33 bits per heavy atom. The van der Waals surface area contributed by atoms with Gasteiger partial charge in [-0.25, -0.2) is 0 Å². The molecule has 0 saturated carbocycles. The lowest BCUT2D eigenvalue weighted by Gasteiger charge is -2.22. The van der Waals surface area contributed by atoms with Crippen molar-refractivity contribution in [2.24, 2.45) is 5.92 Å². The van der Waals surface area contributed by atoms with Crippen molar-refractivity contribution in [3.8, 4) is 0 Å². The minimum Gasteiger partial charge on any atom is -0.516 e. The Labute approximate surface area is 88.3 Å². The van der Waals surface area contributed by atoms with Gasteiger partial charge in [0.2, 0.25) is 0 Å². The van der Waals surface area contributed by atoms with Crippen LogP contribution >= 0.6 is 0 Å². The van der Waals surface area contributed by atoms with Crippen LogP contribution in [0.3, 0.4) is 0 Å². The quantitative estimate of drug-likeness (QED) is 0.659. The smallest absolute Gasteiger partial charge is 0.188 e. The van der Waals surface area contributed by atoms with Crippen LogP contribution in [0.1, 0.15) is 13.8 Å². The van der Waals surface area contributed by atoms with Gasteiger partial charge in [0.25, 0.3) is 0 Å². The highest BCUT2D eigenvalue weighted by atomic mass is 16.8. The molecule has 2 aliphatic rings. The molecule has 0 aromatic carbocycles. The maximum absolute atomic E-state index is 9.10. The standard InChI is InChI=1S/C10H16O5/c1-10(2)14-8-6(3-4-11)7(5-12)13-9(8)15-10/h3-4,6-9,11-12H,5H2,1-2H3/b4-3+/t6?,7-,8-,9-/m1/s1. The van der Waals surface area contributed by atoms with E-state index in [1.54, 1.807) is 6.08 Å². The molecule has 0 aromatic heterocycles. The molecule has 2 rings (SSSR count). The molecule has 0 radical (unpaired) electrons. The van der Waals surface area contributed by atoms with Gasteiger partial charge in [-0.2, -0.15) is 0 Å². The van der Waals surface area contributed by atoms with Gasteiger partial charge in [0, 0.05) is 5.92 Å². The van der Waals surface area contributed by atoms with Gasteiger partial charge in [0.05, 0.1) is 19.0 Å². The van der Waals surface area contributed by atoms with Crippen molar-refractivity contribution in [1.29, 1.82) is 0 Å². The second kappa shape index (κ2) is 3.75. The minimum absolute atomic E-state index is 0.116. The molecule has 4 atom stereocenters. The topological polar surface area (TPSA) is 68.2 Å². The predicted molar refractivity (Wildman–Crippen MR) is 51.0 cm³/mol. The summed E-state index contributed by atoms with van der Waals surface area (Å²) >= 11 is 0. The number of fused-ring (bicyclic) bond motifs is 1. The second-order valence-electron chi connectivity index (χ2n) is 4.24. The van der Waals surface area contributed by atoms with Gasteiger partial charge < -0.3 is 24.4 Å². The molecule has 0 aromatic rings. The Bertz CT molecular complexity index is 263. The monoisotopic (exact) mass is 216 g/mol. The zero-order chi connectivity index (χ0) is 11.1. The van der Waals surface area contributed by atoms with Crippen LogP contribution in [0, 0.1) is 5.92 Å². The van der Waals surface area contributed by atoms with Gasteiger partial charge in [-0.3, -0.25) is 0 Å². The average molecular weight is 216 g/mol. The highest BCUT2D eigenvalue weighted by Crippen LogP contribution is 2.40. The van der Waals surface area contributed by atoms with Gasteiger partial charge >= 0.3 is 0 Å². The van der Waals surface area contributed by atoms with E-state index in [4.69, 9.17) is 24.4 Å². The van der Waals surface area contributed by atoms with Gasteiger partial charge in [-0.05, 0) is 19.9 Å². The van der Waals surface area contributed by atoms with Crippen LogP contribution in [0.4, 0.5) is 0 Å². The van der Waals surface area contributed by atoms with Crippen LogP contribution in [0.2, 0.25) is 0 Å². The molecule has 2 saturated heterocycles. The Kier molecular flexibility index (Phi) is 2.72. The van der Waals surface area contributed by atoms with E-state index < -0.39 is 12.1 Å². The summed E-state index contributed by atoms with van der Waals surface area (Å²) in [6.07, 6.45) is 1.42. The van der Waals surface area contributed by atoms with E-state index in [1.807, 2.05) is 13.8 Å². The zero-order valence-corrected chi connectivity index (χ0v) is 8.79. The number of aliphatic hydroxyl groups excluding tert-OH is 2. The molecule has 5 heteroatoms. The third kappa shape index (κ3) is 1.88. The fourth-order valence-electron chi connectivity index (χ4n) is 2.10. The van der Waals surface area contributed by atoms with Crippen molar-refractivity contribution in [3.63, 3.8) is 0 Å². The second-order valence-corrected chi connectivity index (χ2v) is 4.24. The molecule has 86 valence electrons. The number of rotatable bonds is 2. The minimum atomic E-state index is -0.669. The van der Waals surface area contributed by atoms with Gasteiger partial charge in [0.15, 0.2) is 12.1 Å². The predicted octanol–water partition coefficient (Wildman–Crippen LogP) is 0.543. The summed E-state index contributed by atoms with van der Waals surface area (Å²) in [7, 11) is 0. The SMILES string of the molecule is CC1(C)O[C@H]2O[C@H](CO)C(/C=C/O)[C@H]2O1. The number of hydrogen-bond donors (Lipinski definition) is 2. The average Bonchev–Trinajstić information content (AvgIpc) is 2.60. The highest BCUT2D eigenvalue weighted by Gasteiger charge is 2.53. The first-order valence-electron chi connectivity index (χ1n) is 5.00. The fraction of sp³-hybridized carbons (Fsp3) is 0.800. The lowest BCUT2D eigenvalue weighted by Crippen LogP contribution is -2.30. The van der Waals surface area contributed by atoms with Crippen LogP contribution in [0.15, 0.2) is 12.3 Å². The summed E-state index contributed by atoms with van der Waals surface area (Å²) in [5.41, 5.74) is 0. The molecule has 0 amide bonds. The molecular weight excluding hydrogens is 200 g/mol. The largest absolute Gasteiger partial charge is 0.516 e. The van der Waals surface area contributed by atoms with E-state index in [0.29, 0.717) is 0 Å². The van der Waals surface area contributed by atoms with E-state index in [0.717, 1.165) is 6.26 Å². The normalized spacial score (nSPS) is 43.7. The van der Waals surface area contributed by atoms with E-state index in [-0.39, 0.29) is 24.7 Å². The van der Waals surface area contributed by atoms with Crippen LogP contribution in [-0.4, -0.2) is 41.1 Å². The zero-order valence-electron chi connectivity index (χ0n) is 8.79. The Hall–Kier alpha value is -0.620. The van der Waals surface area contributed by atoms with Gasteiger partial charge in [-0.1, -0.05) is 0 Å². The van der Waals surface area contributed by atoms with Crippen LogP contribution < -0.4 is 0 Å². The molecule has 2 N–H and O–H groups in total. The van der Waals surface area contributed by atoms with Gasteiger partial charge in [-0.15, -0.1) is 0 Å². The lowest BCUT2D eigenvalue weighted by molar-refractivity contribution is -0.211. The van der Waals surface area contributed by atoms with E-state index in [9.17, 15) is 0 Å². The Morgan fingerprint density at radius 3 is 2.67 bits per heavy atom. The first-order chi connectivity index (χ1) is 7.07. The summed E-state index contributed by atoms with van der Waals surface area (Å²) in [5.74, 6) is -0.844. The molecule has 2 aliphatic heterocycles. The number of aliphatic hydroxyl groups is 2. The van der Waals surface area contributed by atoms with E-state index >= 15 is 0 Å². The summed E-state index contributed by atoms with van der Waals surface area (Å²) in [5, 5.41) is 17.9. The van der Waals surface area contributed by atoms with Crippen LogP contribution in [-0.2, 0) is 14.2 Å². The molecule has 2 heterocycles. The van der Waals surface area contributed by atoms with Gasteiger partial charge in [0.1, 0.15) is 6.10 Å². The molecule has 2 fully saturated rings. The van der Waals surface area contributed by atoms with E-state index in [1.165, 1.54) is 0 Å². The molecular formula is C10H16O5. The maximum Gasteiger partial charge on any atom is 0.188 e. The molecule has 0 bridgehead atoms. The molecule has 1 unspecified atom stereocenters. The third-order valence-electron chi connectivity index (χ3n) is 2.69. The maximum atomic E-state index is 9.10. The van der Waals surface area contributed by atoms with Crippen molar-refractivity contribution in [3.05, 3.63) is 12.3 Å². The molecule has 5 nitrogen and oxygen atoms in total. The summed E-state index contributed by atoms with van der Waals surface area (Å²) in [6, 6.07) is 0. The van der Waals surface area contributed by atoms with Crippen molar-refractivity contribution in [2.75, 3.05) is 6.61 Å². The lowest BCUT2D eigenvalue weighted by atomic mass is 9.99. The van der Waals surface area contributed by atoms with Crippen LogP contribution in [0.5, 0.6) is 0 Å². The summed E-state index contributed by atoms with van der Waals surface area (Å²) in [4.78, 5) is 0. The van der Waals surface area contributed by atoms with Crippen LogP contribution in [0.25, 0.3) is 0 Å². The number of ether oxygens (including phenoxy) is 3. The summed E-state index contributed by atoms with van der Waals surface area (Å²) < 4.78 is 16.6. The van der Waals surface area contributed by atoms with Crippen molar-refractivity contribution in [2.45, 2.75) is 38.1 Å². The Morgan fingerprint density at radius 2 is 2.07 bits per heavy atom. The Balaban J connectivity index is 2.14. The first-order valence-corrected chi connectivity index (χ1v) is 5.00. The van der Waals surface area contributed by atoms with Crippen molar-refractivity contribution < 1.29 is 24.4 Å². The first kappa shape index (κ1) is 10.9.